The molecule has 0 heterocycles. The number of fused-ring (bicyclic) bond motifs is 12. The highest BCUT2D eigenvalue weighted by Gasteiger charge is 2.24. The lowest BCUT2D eigenvalue weighted by Gasteiger charge is -2.20. The van der Waals surface area contributed by atoms with Crippen LogP contribution in [0.1, 0.15) is 0 Å². The highest BCUT2D eigenvalue weighted by molar-refractivity contribution is 6.28. The van der Waals surface area contributed by atoms with Crippen LogP contribution in [-0.2, 0) is 0 Å². The molecule has 0 unspecified atom stereocenters. The summed E-state index contributed by atoms with van der Waals surface area (Å²) in [4.78, 5) is 0. The van der Waals surface area contributed by atoms with Crippen molar-refractivity contribution in [3.05, 3.63) is 558 Å². The topological polar surface area (TPSA) is 0 Å². The average Bonchev–Trinajstić information content (AvgIpc) is 0.735. The Kier molecular flexibility index (Phi) is 22.2. The molecular formula is C138H92. The molecule has 138 heavy (non-hydrogen) atoms. The van der Waals surface area contributed by atoms with E-state index in [4.69, 9.17) is 0 Å². The van der Waals surface area contributed by atoms with E-state index < -0.39 is 0 Å². The maximum atomic E-state index is 2.38. The third kappa shape index (κ3) is 15.8. The molecule has 0 amide bonds. The van der Waals surface area contributed by atoms with Gasteiger partial charge in [-0.15, -0.1) is 0 Å². The minimum absolute atomic E-state index is 1.22. The lowest BCUT2D eigenvalue weighted by atomic mass is 9.83. The van der Waals surface area contributed by atoms with Gasteiger partial charge in [0.2, 0.25) is 0 Å². The molecule has 0 aliphatic carbocycles. The first-order chi connectivity index (χ1) is 68.5. The van der Waals surface area contributed by atoms with Crippen molar-refractivity contribution in [3.63, 3.8) is 0 Å². The second kappa shape index (κ2) is 36.9. The Bertz CT molecular complexity index is 8800. The van der Waals surface area contributed by atoms with E-state index >= 15 is 0 Å². The molecule has 0 bridgehead atoms. The van der Waals surface area contributed by atoms with Gasteiger partial charge in [0, 0.05) is 0 Å². The SMILES string of the molecule is c1ccc(-c2ccc(-c3c4ccccc4c(-c4ccc(-c5ccc6c7ccccc7c7ccccc7c6c5)cc4)c4ccccc34)cc2)cc1.c1ccc(-c2ccc(-c3cccc(-c4c5ccccc5c(-c5ccc(-c6ccccc6)cc5)c5ccccc45)c3)cc2)cc1.c1ccc(-c2ccc(-c3ccccc3-c3c4ccccc4c(-c4ccc(-c5ccccc5)cc4)c4ccccc34)cc2)cc1. The van der Waals surface area contributed by atoms with E-state index in [0.717, 1.165) is 0 Å². The van der Waals surface area contributed by atoms with Gasteiger partial charge in [-0.2, -0.15) is 0 Å². The Balaban J connectivity index is 0.000000113. The van der Waals surface area contributed by atoms with Crippen molar-refractivity contribution in [3.8, 4) is 156 Å². The summed E-state index contributed by atoms with van der Waals surface area (Å²) in [7, 11) is 0. The maximum absolute atomic E-state index is 2.38. The molecule has 0 saturated carbocycles. The molecule has 0 nitrogen and oxygen atoms in total. The van der Waals surface area contributed by atoms with Crippen LogP contribution in [0.2, 0.25) is 0 Å². The van der Waals surface area contributed by atoms with Crippen LogP contribution < -0.4 is 0 Å². The third-order valence-corrected chi connectivity index (χ3v) is 27.9. The molecule has 0 N–H and O–H groups in total. The zero-order chi connectivity index (χ0) is 91.6. The van der Waals surface area contributed by atoms with Crippen LogP contribution in [0.4, 0.5) is 0 Å². The van der Waals surface area contributed by atoms with E-state index in [9.17, 15) is 0 Å². The summed E-state index contributed by atoms with van der Waals surface area (Å²) in [5.74, 6) is 0. The minimum atomic E-state index is 1.22. The molecular weight excluding hydrogens is 1660 g/mol. The van der Waals surface area contributed by atoms with E-state index in [2.05, 4.69) is 558 Å². The molecule has 0 aliphatic rings. The first kappa shape index (κ1) is 83.2. The largest absolute Gasteiger partial charge is 0.0622 e. The minimum Gasteiger partial charge on any atom is -0.0622 e. The van der Waals surface area contributed by atoms with E-state index in [-0.39, 0.29) is 0 Å². The molecule has 26 rings (SSSR count). The van der Waals surface area contributed by atoms with Crippen molar-refractivity contribution in [1.29, 1.82) is 0 Å². The Labute approximate surface area is 804 Å². The van der Waals surface area contributed by atoms with Gasteiger partial charge in [-0.25, -0.2) is 0 Å². The fraction of sp³-hybridized carbons (Fsp3) is 0. The summed E-state index contributed by atoms with van der Waals surface area (Å²) in [6.45, 7) is 0. The fourth-order valence-corrected chi connectivity index (χ4v) is 21.3. The summed E-state index contributed by atoms with van der Waals surface area (Å²) in [5, 5.41) is 23.0. The lowest BCUT2D eigenvalue weighted by Crippen LogP contribution is -1.92. The molecule has 26 aromatic rings. The summed E-state index contributed by atoms with van der Waals surface area (Å²) < 4.78 is 0. The van der Waals surface area contributed by atoms with E-state index in [1.54, 1.807) is 0 Å². The van der Waals surface area contributed by atoms with Gasteiger partial charge in [-0.05, 0) is 265 Å². The molecule has 644 valence electrons. The Morgan fingerprint density at radius 3 is 0.500 bits per heavy atom. The van der Waals surface area contributed by atoms with Gasteiger partial charge in [0.1, 0.15) is 0 Å². The van der Waals surface area contributed by atoms with Crippen LogP contribution in [0.15, 0.2) is 558 Å². The first-order valence-corrected chi connectivity index (χ1v) is 47.7. The quantitative estimate of drug-likeness (QED) is 0.0752. The number of hydrogen-bond donors (Lipinski definition) is 0. The molecule has 0 saturated heterocycles. The number of hydrogen-bond acceptors (Lipinski definition) is 0. The van der Waals surface area contributed by atoms with Crippen molar-refractivity contribution >= 4 is 97.0 Å². The Hall–Kier alpha value is -17.9. The van der Waals surface area contributed by atoms with Gasteiger partial charge >= 0.3 is 0 Å². The smallest absolute Gasteiger partial charge is 0.00201 e. The van der Waals surface area contributed by atoms with E-state index in [1.807, 2.05) is 0 Å². The average molecular weight is 1750 g/mol. The maximum Gasteiger partial charge on any atom is -0.00201 e. The zero-order valence-electron chi connectivity index (χ0n) is 76.1. The van der Waals surface area contributed by atoms with E-state index in [1.165, 1.54) is 253 Å². The number of rotatable bonds is 14. The third-order valence-electron chi connectivity index (χ3n) is 27.9. The summed E-state index contributed by atoms with van der Waals surface area (Å²) in [6.07, 6.45) is 0. The standard InChI is InChI=1S/C50H32.2C44H30/c1-2-12-33(13-3-1)34-22-26-36(27-23-34)49-44-18-8-10-20-46(44)50(47-21-11-9-19-45(47)49)37-28-24-35(25-29-37)38-30-31-43-41-16-5-4-14-39(41)40-15-6-7-17-42(40)48(43)32-38;1-3-12-31(13-4-1)33-22-24-35(25-23-33)37-16-11-17-38(30-37)44-41-20-9-7-18-39(41)43(40-19-8-10-21-42(40)44)36-28-26-34(27-29-36)32-14-5-2-6-15-32;1-3-13-31(14-4-1)33-23-27-35(28-24-33)37-17-7-8-18-38(37)44-41-21-11-9-19-39(41)43(40-20-10-12-22-42(40)44)36-29-25-34(26-30-36)32-15-5-2-6-16-32/h1-32H;2*1-30H. The van der Waals surface area contributed by atoms with Crippen LogP contribution in [0.25, 0.3) is 253 Å². The number of benzene rings is 26. The summed E-state index contributed by atoms with van der Waals surface area (Å²) >= 11 is 0. The van der Waals surface area contributed by atoms with Gasteiger partial charge in [0.15, 0.2) is 0 Å². The summed E-state index contributed by atoms with van der Waals surface area (Å²) in [6, 6.07) is 203. The van der Waals surface area contributed by atoms with Crippen molar-refractivity contribution in [2.45, 2.75) is 0 Å². The predicted octanol–water partition coefficient (Wildman–Crippen LogP) is 38.8. The lowest BCUT2D eigenvalue weighted by molar-refractivity contribution is 1.58. The van der Waals surface area contributed by atoms with Crippen LogP contribution >= 0.6 is 0 Å². The molecule has 0 heteroatoms. The van der Waals surface area contributed by atoms with Crippen LogP contribution in [0.3, 0.4) is 0 Å². The Morgan fingerprint density at radius 2 is 0.225 bits per heavy atom. The fourth-order valence-electron chi connectivity index (χ4n) is 21.3. The highest BCUT2D eigenvalue weighted by atomic mass is 14.3. The zero-order valence-corrected chi connectivity index (χ0v) is 76.1. The van der Waals surface area contributed by atoms with E-state index in [0.29, 0.717) is 0 Å². The van der Waals surface area contributed by atoms with Gasteiger partial charge < -0.3 is 0 Å². The van der Waals surface area contributed by atoms with Crippen molar-refractivity contribution in [1.82, 2.24) is 0 Å². The summed E-state index contributed by atoms with van der Waals surface area (Å²) in [5.41, 5.74) is 34.8. The molecule has 0 aliphatic heterocycles. The second-order valence-electron chi connectivity index (χ2n) is 35.8. The van der Waals surface area contributed by atoms with Gasteiger partial charge in [0.05, 0.1) is 0 Å². The van der Waals surface area contributed by atoms with Crippen molar-refractivity contribution in [2.75, 3.05) is 0 Å². The predicted molar refractivity (Wildman–Crippen MR) is 593 cm³/mol. The van der Waals surface area contributed by atoms with Crippen molar-refractivity contribution in [2.24, 2.45) is 0 Å². The normalized spacial score (nSPS) is 11.3. The molecule has 0 spiro atoms. The molecule has 0 fully saturated rings. The first-order valence-electron chi connectivity index (χ1n) is 47.7. The van der Waals surface area contributed by atoms with Gasteiger partial charge in [-0.3, -0.25) is 0 Å². The monoisotopic (exact) mass is 1750 g/mol. The van der Waals surface area contributed by atoms with Crippen LogP contribution in [0.5, 0.6) is 0 Å². The molecule has 26 aromatic carbocycles. The van der Waals surface area contributed by atoms with Crippen molar-refractivity contribution < 1.29 is 0 Å². The second-order valence-corrected chi connectivity index (χ2v) is 35.8. The van der Waals surface area contributed by atoms with Crippen LogP contribution in [0, 0.1) is 0 Å². The molecule has 0 radical (unpaired) electrons. The Morgan fingerprint density at radius 1 is 0.0652 bits per heavy atom. The van der Waals surface area contributed by atoms with Gasteiger partial charge in [0.25, 0.3) is 0 Å². The molecule has 0 aromatic heterocycles. The van der Waals surface area contributed by atoms with Crippen LogP contribution in [-0.4, -0.2) is 0 Å². The molecule has 0 atom stereocenters. The van der Waals surface area contributed by atoms with Gasteiger partial charge in [-0.1, -0.05) is 546 Å². The highest BCUT2D eigenvalue weighted by Crippen LogP contribution is 2.51.